The van der Waals surface area contributed by atoms with Crippen molar-refractivity contribution in [3.8, 4) is 11.3 Å². The van der Waals surface area contributed by atoms with E-state index in [1.54, 1.807) is 12.1 Å². The average molecular weight is 578 g/mol. The molecule has 1 heterocycles. The van der Waals surface area contributed by atoms with Crippen molar-refractivity contribution in [1.82, 2.24) is 9.97 Å². The zero-order valence-electron chi connectivity index (χ0n) is 24.8. The zero-order valence-corrected chi connectivity index (χ0v) is 24.8. The zero-order chi connectivity index (χ0) is 30.7. The van der Waals surface area contributed by atoms with Gasteiger partial charge in [-0.3, -0.25) is 9.69 Å². The lowest BCUT2D eigenvalue weighted by Gasteiger charge is -2.23. The molecule has 1 fully saturated rings. The van der Waals surface area contributed by atoms with Gasteiger partial charge in [0.05, 0.1) is 24.0 Å². The first-order valence-corrected chi connectivity index (χ1v) is 14.4. The molecule has 1 amide bonds. The van der Waals surface area contributed by atoms with E-state index in [-0.39, 0.29) is 11.6 Å². The highest BCUT2D eigenvalue weighted by Crippen LogP contribution is 2.30. The van der Waals surface area contributed by atoms with Gasteiger partial charge in [0.15, 0.2) is 29.1 Å². The summed E-state index contributed by atoms with van der Waals surface area (Å²) in [6, 6.07) is 5.81. The summed E-state index contributed by atoms with van der Waals surface area (Å²) < 4.78 is 69.2. The Morgan fingerprint density at radius 1 is 0.878 bits per heavy atom. The van der Waals surface area contributed by atoms with Crippen LogP contribution >= 0.6 is 0 Å². The Bertz CT molecular complexity index is 1260. The van der Waals surface area contributed by atoms with Gasteiger partial charge in [0.2, 0.25) is 5.91 Å². The lowest BCUT2D eigenvalue weighted by Crippen LogP contribution is -2.31. The first kappa shape index (κ1) is 33.8. The smallest absolute Gasteiger partial charge is 0.232 e. The van der Waals surface area contributed by atoms with Crippen LogP contribution in [0.2, 0.25) is 0 Å². The van der Waals surface area contributed by atoms with E-state index in [1.165, 1.54) is 49.5 Å². The number of nitrogens with zero attached hydrogens (tertiary/aromatic N) is 3. The van der Waals surface area contributed by atoms with Crippen LogP contribution in [-0.2, 0) is 17.6 Å². The number of rotatable bonds is 7. The molecule has 0 N–H and O–H groups in total. The van der Waals surface area contributed by atoms with Crippen molar-refractivity contribution in [2.45, 2.75) is 86.0 Å². The van der Waals surface area contributed by atoms with E-state index in [0.717, 1.165) is 26.2 Å². The number of carbonyl (C=O) groups is 1. The summed E-state index contributed by atoms with van der Waals surface area (Å²) in [4.78, 5) is 23.4. The van der Waals surface area contributed by atoms with Crippen LogP contribution in [0.15, 0.2) is 30.5 Å². The van der Waals surface area contributed by atoms with E-state index in [1.807, 2.05) is 27.7 Å². The molecule has 4 rings (SSSR count). The normalized spacial score (nSPS) is 13.0. The molecule has 0 unspecified atom stereocenters. The van der Waals surface area contributed by atoms with Gasteiger partial charge in [-0.2, -0.15) is 0 Å². The molecule has 0 bridgehead atoms. The van der Waals surface area contributed by atoms with Crippen molar-refractivity contribution in [3.63, 3.8) is 0 Å². The Kier molecular flexibility index (Phi) is 13.4. The van der Waals surface area contributed by atoms with Crippen LogP contribution in [0, 0.1) is 41.9 Å². The Labute approximate surface area is 240 Å². The number of aromatic nitrogens is 2. The van der Waals surface area contributed by atoms with Gasteiger partial charge in [-0.25, -0.2) is 31.9 Å². The van der Waals surface area contributed by atoms with Gasteiger partial charge in [-0.15, -0.1) is 0 Å². The summed E-state index contributed by atoms with van der Waals surface area (Å²) in [6.07, 6.45) is 7.96. The average Bonchev–Trinajstić information content (AvgIpc) is 3.02. The number of hydrogen-bond acceptors (Lipinski definition) is 3. The number of hydrogen-bond donors (Lipinski definition) is 0. The van der Waals surface area contributed by atoms with E-state index in [0.29, 0.717) is 29.3 Å². The Morgan fingerprint density at radius 2 is 1.46 bits per heavy atom. The molecule has 4 nitrogen and oxygen atoms in total. The molecule has 0 aliphatic heterocycles. The number of anilines is 1. The minimum atomic E-state index is -1.95. The predicted molar refractivity (Wildman–Crippen MR) is 153 cm³/mol. The monoisotopic (exact) mass is 577 g/mol. The minimum Gasteiger partial charge on any atom is -0.298 e. The maximum Gasteiger partial charge on any atom is 0.232 e. The molecular weight excluding hydrogens is 537 g/mol. The third-order valence-corrected chi connectivity index (χ3v) is 7.12. The standard InChI is InChI=1S/C28H28F5N3O.2C2H6/c1-16-20(25(31)27(33)26(32)24(16)30)14-23(37)36(2)28-21(13-8-17-6-4-3-5-7-17)35-22(15-34-28)18-9-11-19(29)12-10-18;2*1-2/h9-12,15,17H,3-8,13-14H2,1-2H3;2*1-2H3. The molecule has 1 aliphatic rings. The highest BCUT2D eigenvalue weighted by Gasteiger charge is 2.27. The lowest BCUT2D eigenvalue weighted by molar-refractivity contribution is -0.117. The fourth-order valence-electron chi connectivity index (χ4n) is 4.83. The van der Waals surface area contributed by atoms with Gasteiger partial charge in [0.1, 0.15) is 5.82 Å². The molecule has 9 heteroatoms. The largest absolute Gasteiger partial charge is 0.298 e. The van der Waals surface area contributed by atoms with Crippen molar-refractivity contribution in [2.75, 3.05) is 11.9 Å². The number of carbonyl (C=O) groups excluding carboxylic acids is 1. The van der Waals surface area contributed by atoms with E-state index >= 15 is 0 Å². The summed E-state index contributed by atoms with van der Waals surface area (Å²) in [5.74, 6) is -7.28. The molecule has 0 saturated heterocycles. The maximum absolute atomic E-state index is 14.4. The quantitative estimate of drug-likeness (QED) is 0.160. The third kappa shape index (κ3) is 8.33. The molecular formula is C32H40F5N3O. The van der Waals surface area contributed by atoms with Crippen LogP contribution in [0.1, 0.15) is 83.0 Å². The molecule has 1 aliphatic carbocycles. The molecule has 2 aromatic carbocycles. The van der Waals surface area contributed by atoms with E-state index in [9.17, 15) is 26.7 Å². The Balaban J connectivity index is 0.00000141. The third-order valence-electron chi connectivity index (χ3n) is 7.12. The molecule has 41 heavy (non-hydrogen) atoms. The second-order valence-corrected chi connectivity index (χ2v) is 9.56. The van der Waals surface area contributed by atoms with Crippen LogP contribution in [0.5, 0.6) is 0 Å². The van der Waals surface area contributed by atoms with E-state index in [2.05, 4.69) is 4.98 Å². The minimum absolute atomic E-state index is 0.243. The van der Waals surface area contributed by atoms with Crippen LogP contribution < -0.4 is 4.90 Å². The summed E-state index contributed by atoms with van der Waals surface area (Å²) in [5, 5.41) is 0. The molecule has 1 aromatic heterocycles. The Morgan fingerprint density at radius 3 is 2.07 bits per heavy atom. The van der Waals surface area contributed by atoms with Crippen molar-refractivity contribution < 1.29 is 26.7 Å². The van der Waals surface area contributed by atoms with Crippen molar-refractivity contribution in [2.24, 2.45) is 5.92 Å². The van der Waals surface area contributed by atoms with Gasteiger partial charge in [0, 0.05) is 18.2 Å². The van der Waals surface area contributed by atoms with Gasteiger partial charge >= 0.3 is 0 Å². The van der Waals surface area contributed by atoms with Crippen molar-refractivity contribution in [3.05, 3.63) is 76.4 Å². The SMILES string of the molecule is CC.CC.Cc1c(F)c(F)c(F)c(F)c1CC(=O)N(C)c1ncc(-c2ccc(F)cc2)nc1CCC1CCCCC1. The van der Waals surface area contributed by atoms with Crippen LogP contribution in [0.25, 0.3) is 11.3 Å². The molecule has 0 spiro atoms. The topological polar surface area (TPSA) is 46.1 Å². The van der Waals surface area contributed by atoms with Gasteiger partial charge < -0.3 is 0 Å². The molecule has 224 valence electrons. The van der Waals surface area contributed by atoms with Crippen molar-refractivity contribution in [1.29, 1.82) is 0 Å². The molecule has 0 atom stereocenters. The van der Waals surface area contributed by atoms with Crippen molar-refractivity contribution >= 4 is 11.7 Å². The van der Waals surface area contributed by atoms with E-state index < -0.39 is 46.7 Å². The first-order chi connectivity index (χ1) is 19.7. The summed E-state index contributed by atoms with van der Waals surface area (Å²) in [5.41, 5.74) is 0.689. The fraction of sp³-hybridized carbons (Fsp3) is 0.469. The predicted octanol–water partition coefficient (Wildman–Crippen LogP) is 8.92. The summed E-state index contributed by atoms with van der Waals surface area (Å²) in [7, 11) is 1.43. The molecule has 1 saturated carbocycles. The molecule has 3 aromatic rings. The number of halogens is 5. The number of amides is 1. The van der Waals surface area contributed by atoms with Gasteiger partial charge in [0.25, 0.3) is 0 Å². The van der Waals surface area contributed by atoms with Crippen LogP contribution in [0.3, 0.4) is 0 Å². The summed E-state index contributed by atoms with van der Waals surface area (Å²) in [6.45, 7) is 9.09. The van der Waals surface area contributed by atoms with E-state index in [4.69, 9.17) is 4.98 Å². The second-order valence-electron chi connectivity index (χ2n) is 9.56. The van der Waals surface area contributed by atoms with Gasteiger partial charge in [-0.1, -0.05) is 59.8 Å². The Hall–Kier alpha value is -3.36. The van der Waals surface area contributed by atoms with Crippen LogP contribution in [0.4, 0.5) is 27.8 Å². The number of benzene rings is 2. The summed E-state index contributed by atoms with van der Waals surface area (Å²) >= 11 is 0. The van der Waals surface area contributed by atoms with Gasteiger partial charge in [-0.05, 0) is 55.5 Å². The first-order valence-electron chi connectivity index (χ1n) is 14.4. The van der Waals surface area contributed by atoms with Crippen LogP contribution in [-0.4, -0.2) is 22.9 Å². The maximum atomic E-state index is 14.4. The molecule has 0 radical (unpaired) electrons. The number of aryl methyl sites for hydroxylation is 1. The highest BCUT2D eigenvalue weighted by atomic mass is 19.2. The fourth-order valence-corrected chi connectivity index (χ4v) is 4.83. The lowest BCUT2D eigenvalue weighted by atomic mass is 9.86. The number of likely N-dealkylation sites (N-methyl/N-ethyl adjacent to an activating group) is 1. The second kappa shape index (κ2) is 16.2. The highest BCUT2D eigenvalue weighted by molar-refractivity contribution is 5.94.